The number of anilines is 2. The second kappa shape index (κ2) is 6.91. The minimum atomic E-state index is -0.570. The number of nitro groups is 1. The summed E-state index contributed by atoms with van der Waals surface area (Å²) in [5.74, 6) is 0.260. The summed E-state index contributed by atoms with van der Waals surface area (Å²) in [6.07, 6.45) is 4.24. The number of hydrogen-bond donors (Lipinski definition) is 1. The molecule has 0 fully saturated rings. The van der Waals surface area contributed by atoms with Gasteiger partial charge in [0.15, 0.2) is 0 Å². The summed E-state index contributed by atoms with van der Waals surface area (Å²) < 4.78 is 5.51. The lowest BCUT2D eigenvalue weighted by atomic mass is 10.1. The van der Waals surface area contributed by atoms with E-state index in [-0.39, 0.29) is 17.4 Å². The molecule has 0 radical (unpaired) electrons. The van der Waals surface area contributed by atoms with Gasteiger partial charge in [-0.2, -0.15) is 4.98 Å². The van der Waals surface area contributed by atoms with Crippen molar-refractivity contribution >= 4 is 17.2 Å². The Morgan fingerprint density at radius 2 is 2.04 bits per heavy atom. The standard InChI is InChI=1S/C17H15N5O3/c1-11-5-6-12(2)14(8-11)21-16-15(22(23)24)17(20-10-19-16)25-13-4-3-7-18-9-13/h3-10H,1-2H3,(H,19,20,21). The van der Waals surface area contributed by atoms with E-state index in [0.29, 0.717) is 5.75 Å². The number of hydrogen-bond acceptors (Lipinski definition) is 7. The summed E-state index contributed by atoms with van der Waals surface area (Å²) in [6, 6.07) is 9.08. The number of aryl methyl sites for hydroxylation is 2. The van der Waals surface area contributed by atoms with Crippen LogP contribution in [0.5, 0.6) is 11.6 Å². The highest BCUT2D eigenvalue weighted by Gasteiger charge is 2.25. The average molecular weight is 337 g/mol. The fourth-order valence-corrected chi connectivity index (χ4v) is 2.21. The molecular formula is C17H15N5O3. The molecule has 1 aromatic carbocycles. The zero-order valence-electron chi connectivity index (χ0n) is 13.6. The van der Waals surface area contributed by atoms with Crippen molar-refractivity contribution in [3.8, 4) is 11.6 Å². The molecule has 1 N–H and O–H groups in total. The maximum absolute atomic E-state index is 11.6. The van der Waals surface area contributed by atoms with Crippen LogP contribution in [0, 0.1) is 24.0 Å². The Morgan fingerprint density at radius 1 is 1.20 bits per heavy atom. The fraction of sp³-hybridized carbons (Fsp3) is 0.118. The number of aromatic nitrogens is 3. The quantitative estimate of drug-likeness (QED) is 0.555. The number of rotatable bonds is 5. The maximum Gasteiger partial charge on any atom is 0.373 e. The molecule has 8 nitrogen and oxygen atoms in total. The van der Waals surface area contributed by atoms with Gasteiger partial charge in [-0.25, -0.2) is 4.98 Å². The number of benzene rings is 1. The van der Waals surface area contributed by atoms with Gasteiger partial charge in [-0.15, -0.1) is 0 Å². The number of ether oxygens (including phenoxy) is 1. The van der Waals surface area contributed by atoms with Crippen molar-refractivity contribution in [2.45, 2.75) is 13.8 Å². The Kier molecular flexibility index (Phi) is 4.51. The summed E-state index contributed by atoms with van der Waals surface area (Å²) in [5.41, 5.74) is 2.35. The predicted octanol–water partition coefficient (Wildman–Crippen LogP) is 3.93. The minimum absolute atomic E-state index is 0.0626. The van der Waals surface area contributed by atoms with E-state index in [1.165, 1.54) is 12.5 Å². The molecule has 0 bridgehead atoms. The van der Waals surface area contributed by atoms with Crippen LogP contribution in [0.3, 0.4) is 0 Å². The molecule has 126 valence electrons. The first kappa shape index (κ1) is 16.3. The lowest BCUT2D eigenvalue weighted by molar-refractivity contribution is -0.385. The molecule has 0 atom stereocenters. The summed E-state index contributed by atoms with van der Waals surface area (Å²) in [5, 5.41) is 14.6. The van der Waals surface area contributed by atoms with E-state index in [1.54, 1.807) is 18.3 Å². The molecule has 0 aliphatic carbocycles. The van der Waals surface area contributed by atoms with Crippen molar-refractivity contribution in [2.75, 3.05) is 5.32 Å². The van der Waals surface area contributed by atoms with E-state index in [4.69, 9.17) is 4.74 Å². The molecular weight excluding hydrogens is 322 g/mol. The van der Waals surface area contributed by atoms with E-state index >= 15 is 0 Å². The lowest BCUT2D eigenvalue weighted by Gasteiger charge is -2.11. The SMILES string of the molecule is Cc1ccc(C)c(Nc2ncnc(Oc3cccnc3)c2[N+](=O)[O-])c1. The van der Waals surface area contributed by atoms with Gasteiger partial charge >= 0.3 is 11.6 Å². The van der Waals surface area contributed by atoms with Crippen molar-refractivity contribution in [1.82, 2.24) is 15.0 Å². The van der Waals surface area contributed by atoms with Crippen LogP contribution in [-0.4, -0.2) is 19.9 Å². The minimum Gasteiger partial charge on any atom is -0.432 e. The van der Waals surface area contributed by atoms with E-state index in [2.05, 4.69) is 20.3 Å². The van der Waals surface area contributed by atoms with Gasteiger partial charge < -0.3 is 10.1 Å². The highest BCUT2D eigenvalue weighted by molar-refractivity contribution is 5.70. The van der Waals surface area contributed by atoms with Gasteiger partial charge in [-0.05, 0) is 43.2 Å². The zero-order valence-corrected chi connectivity index (χ0v) is 13.6. The molecule has 0 saturated carbocycles. The monoisotopic (exact) mass is 337 g/mol. The van der Waals surface area contributed by atoms with E-state index < -0.39 is 4.92 Å². The molecule has 0 spiro atoms. The van der Waals surface area contributed by atoms with E-state index in [9.17, 15) is 10.1 Å². The van der Waals surface area contributed by atoms with Gasteiger partial charge in [0.2, 0.25) is 5.82 Å². The Morgan fingerprint density at radius 3 is 2.76 bits per heavy atom. The Balaban J connectivity index is 2.01. The lowest BCUT2D eigenvalue weighted by Crippen LogP contribution is -2.04. The molecule has 0 unspecified atom stereocenters. The molecule has 2 aromatic heterocycles. The smallest absolute Gasteiger partial charge is 0.373 e. The molecule has 0 amide bonds. The van der Waals surface area contributed by atoms with Crippen LogP contribution < -0.4 is 10.1 Å². The molecule has 0 aliphatic heterocycles. The third-order valence-electron chi connectivity index (χ3n) is 3.47. The second-order valence-electron chi connectivity index (χ2n) is 5.37. The molecule has 0 saturated heterocycles. The molecule has 0 aliphatic rings. The van der Waals surface area contributed by atoms with E-state index in [0.717, 1.165) is 16.8 Å². The van der Waals surface area contributed by atoms with Gasteiger partial charge in [0.25, 0.3) is 0 Å². The summed E-state index contributed by atoms with van der Waals surface area (Å²) in [4.78, 5) is 22.8. The number of nitrogens with zero attached hydrogens (tertiary/aromatic N) is 4. The first-order valence-corrected chi connectivity index (χ1v) is 7.46. The van der Waals surface area contributed by atoms with Crippen molar-refractivity contribution in [2.24, 2.45) is 0 Å². The first-order valence-electron chi connectivity index (χ1n) is 7.46. The van der Waals surface area contributed by atoms with Crippen molar-refractivity contribution in [1.29, 1.82) is 0 Å². The van der Waals surface area contributed by atoms with Gasteiger partial charge in [-0.3, -0.25) is 15.1 Å². The van der Waals surface area contributed by atoms with Gasteiger partial charge in [0.1, 0.15) is 12.1 Å². The maximum atomic E-state index is 11.6. The van der Waals surface area contributed by atoms with Crippen LogP contribution in [0.25, 0.3) is 0 Å². The number of nitrogens with one attached hydrogen (secondary N) is 1. The third kappa shape index (κ3) is 3.69. The molecule has 3 rings (SSSR count). The van der Waals surface area contributed by atoms with Gasteiger partial charge in [0, 0.05) is 11.9 Å². The third-order valence-corrected chi connectivity index (χ3v) is 3.47. The highest BCUT2D eigenvalue weighted by Crippen LogP contribution is 2.35. The van der Waals surface area contributed by atoms with E-state index in [1.807, 2.05) is 32.0 Å². The Hall–Kier alpha value is -3.55. The second-order valence-corrected chi connectivity index (χ2v) is 5.37. The van der Waals surface area contributed by atoms with Gasteiger partial charge in [0.05, 0.1) is 11.1 Å². The Labute approximate surface area is 143 Å². The van der Waals surface area contributed by atoms with Crippen LogP contribution in [-0.2, 0) is 0 Å². The zero-order chi connectivity index (χ0) is 17.8. The topological polar surface area (TPSA) is 103 Å². The first-order chi connectivity index (χ1) is 12.0. The average Bonchev–Trinajstić information content (AvgIpc) is 2.59. The van der Waals surface area contributed by atoms with Crippen LogP contribution in [0.15, 0.2) is 49.1 Å². The molecule has 2 heterocycles. The summed E-state index contributed by atoms with van der Waals surface area (Å²) in [6.45, 7) is 3.85. The normalized spacial score (nSPS) is 10.3. The highest BCUT2D eigenvalue weighted by atomic mass is 16.6. The number of pyridine rings is 1. The predicted molar refractivity (Wildman–Crippen MR) is 92.2 cm³/mol. The largest absolute Gasteiger partial charge is 0.432 e. The summed E-state index contributed by atoms with van der Waals surface area (Å²) >= 11 is 0. The summed E-state index contributed by atoms with van der Waals surface area (Å²) in [7, 11) is 0. The van der Waals surface area contributed by atoms with Gasteiger partial charge in [-0.1, -0.05) is 12.1 Å². The van der Waals surface area contributed by atoms with Crippen molar-refractivity contribution in [3.05, 3.63) is 70.3 Å². The van der Waals surface area contributed by atoms with Crippen LogP contribution in [0.1, 0.15) is 11.1 Å². The Bertz CT molecular complexity index is 915. The van der Waals surface area contributed by atoms with Crippen LogP contribution in [0.2, 0.25) is 0 Å². The van der Waals surface area contributed by atoms with Crippen LogP contribution >= 0.6 is 0 Å². The molecule has 3 aromatic rings. The molecule has 8 heteroatoms. The van der Waals surface area contributed by atoms with Crippen molar-refractivity contribution in [3.63, 3.8) is 0 Å². The molecule has 25 heavy (non-hydrogen) atoms. The van der Waals surface area contributed by atoms with Crippen LogP contribution in [0.4, 0.5) is 17.2 Å². The van der Waals surface area contributed by atoms with Crippen molar-refractivity contribution < 1.29 is 9.66 Å². The fourth-order valence-electron chi connectivity index (χ4n) is 2.21.